The molecule has 2 aromatic rings. The Morgan fingerprint density at radius 2 is 2.04 bits per heavy atom. The van der Waals surface area contributed by atoms with Crippen LogP contribution < -0.4 is 10.1 Å². The highest BCUT2D eigenvalue weighted by molar-refractivity contribution is 6.30. The number of hydrogen-bond donors (Lipinski definition) is 3. The third-order valence-electron chi connectivity index (χ3n) is 3.27. The molecule has 0 amide bonds. The smallest absolute Gasteiger partial charge is 0.414 e. The molecular weight excluding hydrogens is 376 g/mol. The summed E-state index contributed by atoms with van der Waals surface area (Å²) in [6, 6.07) is 10.8. The number of carboxylic acid groups (broad SMARTS) is 2. The van der Waals surface area contributed by atoms with Gasteiger partial charge in [-0.3, -0.25) is 0 Å². The minimum absolute atomic E-state index is 0.237. The molecule has 0 aliphatic heterocycles. The lowest BCUT2D eigenvalue weighted by Crippen LogP contribution is -2.13. The number of ether oxygens (including phenoxy) is 1. The first-order valence-corrected chi connectivity index (χ1v) is 8.27. The van der Waals surface area contributed by atoms with Gasteiger partial charge in [0, 0.05) is 11.1 Å². The number of nitrogens with zero attached hydrogens (tertiary/aromatic N) is 1. The number of nitriles is 1. The molecule has 0 spiro atoms. The average molecular weight is 395 g/mol. The molecule has 2 rings (SSSR count). The van der Waals surface area contributed by atoms with Gasteiger partial charge in [-0.2, -0.15) is 5.26 Å². The lowest BCUT2D eigenvalue weighted by Gasteiger charge is -2.18. The van der Waals surface area contributed by atoms with Crippen LogP contribution in [0.25, 0.3) is 0 Å². The second kappa shape index (κ2) is 11.6. The van der Waals surface area contributed by atoms with Crippen LogP contribution in [-0.2, 0) is 9.59 Å². The Morgan fingerprint density at radius 3 is 2.56 bits per heavy atom. The number of halogens is 1. The second-order valence-corrected chi connectivity index (χ2v) is 5.67. The zero-order valence-corrected chi connectivity index (χ0v) is 15.3. The molecule has 1 atom stereocenters. The first-order chi connectivity index (χ1) is 12.9. The fourth-order valence-electron chi connectivity index (χ4n) is 2.04. The highest BCUT2D eigenvalue weighted by Gasteiger charge is 2.18. The normalized spacial score (nSPS) is 10.9. The molecule has 0 saturated heterocycles. The predicted octanol–water partition coefficient (Wildman–Crippen LogP) is 3.08. The average Bonchev–Trinajstić information content (AvgIpc) is 3.16. The van der Waals surface area contributed by atoms with Gasteiger partial charge in [0.1, 0.15) is 17.6 Å². The fourth-order valence-corrected chi connectivity index (χ4v) is 2.20. The van der Waals surface area contributed by atoms with Gasteiger partial charge in [-0.15, -0.1) is 0 Å². The van der Waals surface area contributed by atoms with E-state index in [1.54, 1.807) is 24.5 Å². The Hall–Kier alpha value is -3.02. The molecule has 0 saturated carbocycles. The van der Waals surface area contributed by atoms with Crippen molar-refractivity contribution in [2.45, 2.75) is 18.9 Å². The third kappa shape index (κ3) is 7.81. The maximum atomic E-state index is 9.16. The summed E-state index contributed by atoms with van der Waals surface area (Å²) in [7, 11) is 1.91. The molecule has 27 heavy (non-hydrogen) atoms. The van der Waals surface area contributed by atoms with Gasteiger partial charge < -0.3 is 24.7 Å². The molecule has 0 aliphatic carbocycles. The van der Waals surface area contributed by atoms with Gasteiger partial charge in [0.05, 0.1) is 11.8 Å². The van der Waals surface area contributed by atoms with Crippen molar-refractivity contribution < 1.29 is 29.0 Å². The zero-order valence-electron chi connectivity index (χ0n) is 14.5. The number of carboxylic acids is 2. The SMILES string of the molecule is CNCCCC(Oc1cc(Cl)ccc1C#N)c1ccco1.O=C(O)C(=O)O. The van der Waals surface area contributed by atoms with Crippen molar-refractivity contribution in [2.24, 2.45) is 0 Å². The topological polar surface area (TPSA) is 133 Å². The summed E-state index contributed by atoms with van der Waals surface area (Å²) in [5.41, 5.74) is 0.463. The molecule has 1 heterocycles. The summed E-state index contributed by atoms with van der Waals surface area (Å²) < 4.78 is 11.4. The lowest BCUT2D eigenvalue weighted by atomic mass is 10.1. The Balaban J connectivity index is 0.000000527. The summed E-state index contributed by atoms with van der Waals surface area (Å²) in [6.07, 6.45) is 3.10. The first-order valence-electron chi connectivity index (χ1n) is 7.89. The number of furan rings is 1. The maximum absolute atomic E-state index is 9.16. The molecule has 8 nitrogen and oxygen atoms in total. The van der Waals surface area contributed by atoms with Crippen molar-refractivity contribution in [1.82, 2.24) is 5.32 Å². The Kier molecular flexibility index (Phi) is 9.43. The Labute approximate surface area is 160 Å². The van der Waals surface area contributed by atoms with Crippen LogP contribution in [-0.4, -0.2) is 35.7 Å². The summed E-state index contributed by atoms with van der Waals surface area (Å²) in [4.78, 5) is 18.2. The number of carbonyl (C=O) groups is 2. The maximum Gasteiger partial charge on any atom is 0.414 e. The molecule has 9 heteroatoms. The van der Waals surface area contributed by atoms with Gasteiger partial charge in [-0.25, -0.2) is 9.59 Å². The number of benzene rings is 1. The van der Waals surface area contributed by atoms with E-state index < -0.39 is 11.9 Å². The van der Waals surface area contributed by atoms with E-state index in [2.05, 4.69) is 11.4 Å². The first kappa shape index (κ1) is 22.0. The largest absolute Gasteiger partial charge is 0.481 e. The third-order valence-corrected chi connectivity index (χ3v) is 3.50. The highest BCUT2D eigenvalue weighted by Crippen LogP contribution is 2.30. The van der Waals surface area contributed by atoms with Gasteiger partial charge in [-0.05, 0) is 50.7 Å². The van der Waals surface area contributed by atoms with Gasteiger partial charge in [0.2, 0.25) is 0 Å². The molecule has 0 fully saturated rings. The summed E-state index contributed by atoms with van der Waals surface area (Å²) in [6.45, 7) is 0.890. The minimum atomic E-state index is -1.82. The zero-order chi connectivity index (χ0) is 20.2. The van der Waals surface area contributed by atoms with Crippen molar-refractivity contribution >= 4 is 23.5 Å². The van der Waals surface area contributed by atoms with E-state index in [0.717, 1.165) is 25.1 Å². The van der Waals surface area contributed by atoms with Gasteiger partial charge in [0.15, 0.2) is 6.10 Å². The van der Waals surface area contributed by atoms with Crippen LogP contribution in [0.4, 0.5) is 0 Å². The van der Waals surface area contributed by atoms with E-state index in [9.17, 15) is 0 Å². The molecular formula is C18H19ClN2O6. The molecule has 0 bridgehead atoms. The van der Waals surface area contributed by atoms with Crippen LogP contribution in [0, 0.1) is 11.3 Å². The monoisotopic (exact) mass is 394 g/mol. The minimum Gasteiger partial charge on any atom is -0.481 e. The number of nitrogens with one attached hydrogen (secondary N) is 1. The van der Waals surface area contributed by atoms with Crippen LogP contribution in [0.5, 0.6) is 5.75 Å². The van der Waals surface area contributed by atoms with Crippen molar-refractivity contribution in [2.75, 3.05) is 13.6 Å². The Morgan fingerprint density at radius 1 is 1.33 bits per heavy atom. The van der Waals surface area contributed by atoms with E-state index in [0.29, 0.717) is 16.3 Å². The van der Waals surface area contributed by atoms with E-state index in [1.165, 1.54) is 0 Å². The fraction of sp³-hybridized carbons (Fsp3) is 0.278. The molecule has 144 valence electrons. The highest BCUT2D eigenvalue weighted by atomic mass is 35.5. The van der Waals surface area contributed by atoms with Crippen molar-refractivity contribution in [3.63, 3.8) is 0 Å². The van der Waals surface area contributed by atoms with E-state index in [1.807, 2.05) is 19.2 Å². The van der Waals surface area contributed by atoms with Crippen LogP contribution in [0.15, 0.2) is 41.0 Å². The number of hydrogen-bond acceptors (Lipinski definition) is 6. The molecule has 3 N–H and O–H groups in total. The van der Waals surface area contributed by atoms with E-state index >= 15 is 0 Å². The van der Waals surface area contributed by atoms with Gasteiger partial charge >= 0.3 is 11.9 Å². The van der Waals surface area contributed by atoms with Crippen LogP contribution >= 0.6 is 11.6 Å². The molecule has 0 aliphatic rings. The molecule has 1 unspecified atom stereocenters. The molecule has 0 radical (unpaired) electrons. The van der Waals surface area contributed by atoms with Crippen LogP contribution in [0.3, 0.4) is 0 Å². The Bertz CT molecular complexity index is 774. The predicted molar refractivity (Wildman–Crippen MR) is 96.7 cm³/mol. The summed E-state index contributed by atoms with van der Waals surface area (Å²) in [5.74, 6) is -2.42. The number of aliphatic carboxylic acids is 2. The second-order valence-electron chi connectivity index (χ2n) is 5.23. The van der Waals surface area contributed by atoms with E-state index in [-0.39, 0.29) is 6.10 Å². The van der Waals surface area contributed by atoms with Gasteiger partial charge in [0.25, 0.3) is 0 Å². The molecule has 1 aromatic heterocycles. The van der Waals surface area contributed by atoms with Crippen molar-refractivity contribution in [1.29, 1.82) is 5.26 Å². The van der Waals surface area contributed by atoms with Crippen LogP contribution in [0.1, 0.15) is 30.3 Å². The van der Waals surface area contributed by atoms with Crippen LogP contribution in [0.2, 0.25) is 5.02 Å². The quantitative estimate of drug-likeness (QED) is 0.482. The van der Waals surface area contributed by atoms with Gasteiger partial charge in [-0.1, -0.05) is 11.6 Å². The standard InChI is InChI=1S/C16H17ClN2O2.C2H2O4/c1-19-8-2-4-15(14-5-3-9-20-14)21-16-10-13(17)7-6-12(16)11-18;3-1(4)2(5)6/h3,5-7,9-10,15,19H,2,4,8H2,1H3;(H,3,4)(H,5,6). The number of rotatable bonds is 7. The van der Waals surface area contributed by atoms with Crippen molar-refractivity contribution in [3.8, 4) is 11.8 Å². The van der Waals surface area contributed by atoms with Crippen molar-refractivity contribution in [3.05, 3.63) is 52.9 Å². The lowest BCUT2D eigenvalue weighted by molar-refractivity contribution is -0.159. The van der Waals surface area contributed by atoms with E-state index in [4.69, 9.17) is 45.8 Å². The molecule has 1 aromatic carbocycles. The summed E-state index contributed by atoms with van der Waals surface area (Å²) in [5, 5.41) is 27.6. The summed E-state index contributed by atoms with van der Waals surface area (Å²) >= 11 is 5.99.